The number of hydrogen-bond acceptors (Lipinski definition) is 13. The molecule has 0 radical (unpaired) electrons. The lowest BCUT2D eigenvalue weighted by molar-refractivity contribution is -0.0639. The molecule has 324 valence electrons. The number of benzene rings is 5. The third kappa shape index (κ3) is 10.2. The zero-order chi connectivity index (χ0) is 44.4. The van der Waals surface area contributed by atoms with Crippen molar-refractivity contribution in [3.05, 3.63) is 201 Å². The van der Waals surface area contributed by atoms with Crippen LogP contribution < -0.4 is 16.0 Å². The fraction of sp³-hybridized carbons (Fsp3) is 0.188. The first kappa shape index (κ1) is 43.1. The number of aryl methyl sites for hydroxylation is 1. The van der Waals surface area contributed by atoms with Crippen molar-refractivity contribution in [2.45, 2.75) is 47.7 Å². The monoisotopic (exact) mass is 879 g/mol. The Morgan fingerprint density at radius 3 is 1.88 bits per heavy atom. The summed E-state index contributed by atoms with van der Waals surface area (Å²) in [7, 11) is 1.62. The lowest BCUT2D eigenvalue weighted by Gasteiger charge is -2.25. The molecule has 1 saturated heterocycles. The minimum Gasteiger partial charge on any atom is -0.497 e. The molecule has 1 unspecified atom stereocenters. The third-order valence-corrected chi connectivity index (χ3v) is 11.7. The molecule has 7 aromatic rings. The molecule has 1 N–H and O–H groups in total. The molecule has 64 heavy (non-hydrogen) atoms. The number of hydrogen-bond donors (Lipinski definition) is 1. The summed E-state index contributed by atoms with van der Waals surface area (Å²) in [5, 5.41) is 8.64. The largest absolute Gasteiger partial charge is 0.497 e. The number of aromatic amines is 1. The maximum atomic E-state index is 13.8. The number of rotatable bonds is 16. The molecule has 0 amide bonds. The van der Waals surface area contributed by atoms with Gasteiger partial charge >= 0.3 is 23.6 Å². The van der Waals surface area contributed by atoms with Crippen molar-refractivity contribution in [3.63, 3.8) is 0 Å². The summed E-state index contributed by atoms with van der Waals surface area (Å²) in [4.78, 5) is 71.1. The van der Waals surface area contributed by atoms with Crippen LogP contribution in [0.1, 0.15) is 54.5 Å². The number of ether oxygens (including phenoxy) is 5. The second-order valence-corrected chi connectivity index (χ2v) is 15.8. The molecule has 0 bridgehead atoms. The van der Waals surface area contributed by atoms with Crippen LogP contribution in [-0.4, -0.2) is 74.5 Å². The highest BCUT2D eigenvalue weighted by molar-refractivity contribution is 7.99. The first-order valence-electron chi connectivity index (χ1n) is 20.3. The van der Waals surface area contributed by atoms with Crippen molar-refractivity contribution in [2.24, 2.45) is 0 Å². The number of esters is 3. The molecule has 1 fully saturated rings. The number of H-pyrrole nitrogens is 1. The van der Waals surface area contributed by atoms with Gasteiger partial charge in [-0.15, -0.1) is 16.9 Å². The van der Waals surface area contributed by atoms with Crippen molar-refractivity contribution in [1.29, 1.82) is 0 Å². The molecule has 2 aromatic heterocycles. The van der Waals surface area contributed by atoms with Crippen LogP contribution in [0.25, 0.3) is 11.3 Å². The molecule has 0 aliphatic carbocycles. The lowest BCUT2D eigenvalue weighted by Crippen LogP contribution is -2.43. The van der Waals surface area contributed by atoms with Crippen molar-refractivity contribution < 1.29 is 38.1 Å². The van der Waals surface area contributed by atoms with E-state index < -0.39 is 60.3 Å². The van der Waals surface area contributed by atoms with Gasteiger partial charge in [0.25, 0.3) is 5.56 Å². The molecule has 0 spiro atoms. The highest BCUT2D eigenvalue weighted by Crippen LogP contribution is 2.39. The van der Waals surface area contributed by atoms with Gasteiger partial charge in [0, 0.05) is 22.9 Å². The van der Waals surface area contributed by atoms with Crippen LogP contribution in [0.4, 0.5) is 0 Å². The van der Waals surface area contributed by atoms with Crippen LogP contribution in [0.15, 0.2) is 172 Å². The smallest absolute Gasteiger partial charge is 0.338 e. The summed E-state index contributed by atoms with van der Waals surface area (Å²) in [6.07, 6.45) is -2.25. The molecular formula is C48H41N5O10S. The van der Waals surface area contributed by atoms with Crippen molar-refractivity contribution in [2.75, 3.05) is 13.7 Å². The third-order valence-electron chi connectivity index (χ3n) is 10.4. The highest BCUT2D eigenvalue weighted by Gasteiger charge is 2.52. The minimum atomic E-state index is -1.51. The SMILES string of the molecule is COc1ccc(SC(CCn2cc(-c3cn([C@@H]4O[C@H](COC(=O)c5ccccc5)[C@@H](OC(=O)c5ccccc5)[C@H]4OC(=O)c4ccccc4)c(=O)[nH]c3=O)nn2)c2ccccc2)cc1. The van der Waals surface area contributed by atoms with Gasteiger partial charge in [0.05, 0.1) is 35.6 Å². The predicted octanol–water partition coefficient (Wildman–Crippen LogP) is 6.93. The molecule has 16 heteroatoms. The Morgan fingerprint density at radius 2 is 1.28 bits per heavy atom. The zero-order valence-corrected chi connectivity index (χ0v) is 35.1. The first-order chi connectivity index (χ1) is 31.2. The van der Waals surface area contributed by atoms with Crippen molar-refractivity contribution >= 4 is 29.7 Å². The number of aromatic nitrogens is 5. The summed E-state index contributed by atoms with van der Waals surface area (Å²) in [5.41, 5.74) is 0.119. The Morgan fingerprint density at radius 1 is 0.719 bits per heavy atom. The molecule has 5 atom stereocenters. The van der Waals surface area contributed by atoms with Gasteiger partial charge in [0.15, 0.2) is 18.4 Å². The van der Waals surface area contributed by atoms with E-state index in [0.29, 0.717) is 13.0 Å². The fourth-order valence-electron chi connectivity index (χ4n) is 7.10. The molecule has 1 aliphatic heterocycles. The molecule has 0 saturated carbocycles. The van der Waals surface area contributed by atoms with Gasteiger partial charge < -0.3 is 23.7 Å². The molecule has 15 nitrogen and oxygen atoms in total. The summed E-state index contributed by atoms with van der Waals surface area (Å²) < 4.78 is 32.0. The van der Waals surface area contributed by atoms with Gasteiger partial charge in [0.2, 0.25) is 0 Å². The average molecular weight is 880 g/mol. The Kier molecular flexibility index (Phi) is 13.5. The number of carbonyl (C=O) groups is 3. The second kappa shape index (κ2) is 20.1. The van der Waals surface area contributed by atoms with E-state index in [-0.39, 0.29) is 33.2 Å². The van der Waals surface area contributed by atoms with E-state index in [9.17, 15) is 24.0 Å². The molecule has 5 aromatic carbocycles. The van der Waals surface area contributed by atoms with E-state index in [1.54, 1.807) is 109 Å². The van der Waals surface area contributed by atoms with E-state index >= 15 is 0 Å². The molecular weight excluding hydrogens is 839 g/mol. The summed E-state index contributed by atoms with van der Waals surface area (Å²) in [5.74, 6) is -1.55. The summed E-state index contributed by atoms with van der Waals surface area (Å²) >= 11 is 1.69. The predicted molar refractivity (Wildman–Crippen MR) is 235 cm³/mol. The summed E-state index contributed by atoms with van der Waals surface area (Å²) in [6.45, 7) is -0.0509. The van der Waals surface area contributed by atoms with E-state index in [1.165, 1.54) is 18.3 Å². The first-order valence-corrected chi connectivity index (χ1v) is 21.1. The molecule has 3 heterocycles. The number of carbonyl (C=O) groups excluding carboxylic acids is 3. The highest BCUT2D eigenvalue weighted by atomic mass is 32.2. The molecule has 1 aliphatic rings. The van der Waals surface area contributed by atoms with Gasteiger partial charge in [-0.3, -0.25) is 19.0 Å². The van der Waals surface area contributed by atoms with Gasteiger partial charge in [-0.05, 0) is 72.6 Å². The van der Waals surface area contributed by atoms with Crippen LogP contribution in [0, 0.1) is 0 Å². The maximum absolute atomic E-state index is 13.8. The topological polar surface area (TPSA) is 183 Å². The van der Waals surface area contributed by atoms with Crippen LogP contribution in [-0.2, 0) is 25.5 Å². The van der Waals surface area contributed by atoms with Gasteiger partial charge in [-0.1, -0.05) is 90.1 Å². The number of nitrogens with one attached hydrogen (secondary N) is 1. The minimum absolute atomic E-state index is 0.0337. The lowest BCUT2D eigenvalue weighted by atomic mass is 10.1. The van der Waals surface area contributed by atoms with Crippen LogP contribution in [0.3, 0.4) is 0 Å². The number of thioether (sulfide) groups is 1. The Bertz CT molecular complexity index is 2800. The number of nitrogens with zero attached hydrogens (tertiary/aromatic N) is 4. The van der Waals surface area contributed by atoms with Gasteiger partial charge in [0.1, 0.15) is 24.2 Å². The number of methoxy groups -OCH3 is 1. The Balaban J connectivity index is 1.10. The zero-order valence-electron chi connectivity index (χ0n) is 34.3. The standard InChI is InChI=1S/C48H41N5O10S/c1-59-35-22-24-36(25-23-35)64-40(31-14-6-2-7-15-31)26-27-52-29-38(50-51-52)37-28-53(48(58)49-43(37)54)44-42(63-47(57)34-20-12-5-13-21-34)41(62-46(56)33-18-10-4-11-19-33)39(61-44)30-60-45(55)32-16-8-3-9-17-32/h2-25,28-29,39-42,44H,26-27,30H2,1H3,(H,49,54,58)/t39-,40?,41-,42-,44-/m1/s1. The van der Waals surface area contributed by atoms with Gasteiger partial charge in [-0.25, -0.2) is 19.2 Å². The van der Waals surface area contributed by atoms with E-state index in [0.717, 1.165) is 20.8 Å². The maximum Gasteiger partial charge on any atom is 0.338 e. The summed E-state index contributed by atoms with van der Waals surface area (Å²) in [6, 6.07) is 42.3. The van der Waals surface area contributed by atoms with Crippen LogP contribution in [0.2, 0.25) is 0 Å². The fourth-order valence-corrected chi connectivity index (χ4v) is 8.24. The van der Waals surface area contributed by atoms with Crippen LogP contribution >= 0.6 is 11.8 Å². The van der Waals surface area contributed by atoms with Gasteiger partial charge in [-0.2, -0.15) is 0 Å². The normalized spacial score (nSPS) is 17.3. The van der Waals surface area contributed by atoms with E-state index in [2.05, 4.69) is 27.4 Å². The van der Waals surface area contributed by atoms with E-state index in [4.69, 9.17) is 23.7 Å². The average Bonchev–Trinajstić information content (AvgIpc) is 3.95. The Labute approximate surface area is 370 Å². The van der Waals surface area contributed by atoms with Crippen molar-refractivity contribution in [1.82, 2.24) is 24.5 Å². The quantitative estimate of drug-likeness (QED) is 0.0600. The van der Waals surface area contributed by atoms with E-state index in [1.807, 2.05) is 42.5 Å². The molecule has 8 rings (SSSR count). The second-order valence-electron chi connectivity index (χ2n) is 14.6. The van der Waals surface area contributed by atoms with Crippen LogP contribution in [0.5, 0.6) is 5.75 Å². The Hall–Kier alpha value is -7.56. The van der Waals surface area contributed by atoms with Crippen molar-refractivity contribution in [3.8, 4) is 17.0 Å².